The van der Waals surface area contributed by atoms with Crippen LogP contribution in [0.3, 0.4) is 0 Å². The molecule has 0 spiro atoms. The largest absolute Gasteiger partial charge is 0.468 e. The van der Waals surface area contributed by atoms with Gasteiger partial charge in [-0.05, 0) is 25.1 Å². The quantitative estimate of drug-likeness (QED) is 0.828. The first-order chi connectivity index (χ1) is 9.06. The third-order valence-corrected chi connectivity index (χ3v) is 4.21. The van der Waals surface area contributed by atoms with Crippen molar-refractivity contribution < 1.29 is 12.8 Å². The molecule has 7 heteroatoms. The molecule has 0 aromatic carbocycles. The predicted molar refractivity (Wildman–Crippen MR) is 70.7 cm³/mol. The zero-order valence-corrected chi connectivity index (χ0v) is 11.5. The molecule has 6 nitrogen and oxygen atoms in total. The second kappa shape index (κ2) is 5.60. The molecule has 0 saturated carbocycles. The van der Waals surface area contributed by atoms with Gasteiger partial charge in [0.05, 0.1) is 17.7 Å². The second-order valence-electron chi connectivity index (χ2n) is 4.06. The Balaban J connectivity index is 2.17. The molecule has 0 atom stereocenters. The Hall–Kier alpha value is -1.57. The molecule has 2 heterocycles. The standard InChI is InChI=1S/C12H17N3O3S/c1-2-15-9-12(6-10(15)7-13)19(16,17)14-8-11-4-3-5-18-11/h3-6,9,14H,2,7-8,13H2,1H3. The van der Waals surface area contributed by atoms with Gasteiger partial charge in [-0.25, -0.2) is 13.1 Å². The van der Waals surface area contributed by atoms with Crippen molar-refractivity contribution in [2.24, 2.45) is 5.73 Å². The summed E-state index contributed by atoms with van der Waals surface area (Å²) in [7, 11) is -3.54. The van der Waals surface area contributed by atoms with Gasteiger partial charge >= 0.3 is 0 Å². The number of furan rings is 1. The SMILES string of the molecule is CCn1cc(S(=O)(=O)NCc2ccco2)cc1CN. The number of aryl methyl sites for hydroxylation is 1. The van der Waals surface area contributed by atoms with E-state index in [2.05, 4.69) is 4.72 Å². The highest BCUT2D eigenvalue weighted by molar-refractivity contribution is 7.89. The molecule has 2 rings (SSSR count). The van der Waals surface area contributed by atoms with Gasteiger partial charge in [0.25, 0.3) is 0 Å². The summed E-state index contributed by atoms with van der Waals surface area (Å²) in [5.41, 5.74) is 6.38. The number of hydrogen-bond acceptors (Lipinski definition) is 4. The molecular formula is C12H17N3O3S. The lowest BCUT2D eigenvalue weighted by Crippen LogP contribution is -2.22. The third-order valence-electron chi connectivity index (χ3n) is 2.84. The molecule has 0 saturated heterocycles. The lowest BCUT2D eigenvalue weighted by Gasteiger charge is -2.02. The van der Waals surface area contributed by atoms with E-state index in [0.29, 0.717) is 18.8 Å². The second-order valence-corrected chi connectivity index (χ2v) is 5.83. The average Bonchev–Trinajstić information content (AvgIpc) is 3.05. The zero-order valence-electron chi connectivity index (χ0n) is 10.7. The van der Waals surface area contributed by atoms with Crippen molar-refractivity contribution in [3.05, 3.63) is 42.1 Å². The van der Waals surface area contributed by atoms with Crippen LogP contribution in [0.5, 0.6) is 0 Å². The van der Waals surface area contributed by atoms with Crippen molar-refractivity contribution in [2.45, 2.75) is 31.5 Å². The number of sulfonamides is 1. The van der Waals surface area contributed by atoms with Gasteiger partial charge < -0.3 is 14.7 Å². The number of aromatic nitrogens is 1. The Kier molecular flexibility index (Phi) is 4.08. The van der Waals surface area contributed by atoms with E-state index in [1.807, 2.05) is 11.5 Å². The van der Waals surface area contributed by atoms with Crippen LogP contribution >= 0.6 is 0 Å². The molecule has 0 aliphatic rings. The van der Waals surface area contributed by atoms with Crippen molar-refractivity contribution in [2.75, 3.05) is 0 Å². The van der Waals surface area contributed by atoms with E-state index in [-0.39, 0.29) is 11.4 Å². The van der Waals surface area contributed by atoms with Gasteiger partial charge in [0.15, 0.2) is 0 Å². The lowest BCUT2D eigenvalue weighted by atomic mass is 10.4. The highest BCUT2D eigenvalue weighted by Gasteiger charge is 2.17. The lowest BCUT2D eigenvalue weighted by molar-refractivity contribution is 0.498. The Morgan fingerprint density at radius 1 is 1.47 bits per heavy atom. The Morgan fingerprint density at radius 3 is 2.79 bits per heavy atom. The molecule has 104 valence electrons. The normalized spacial score (nSPS) is 11.9. The van der Waals surface area contributed by atoms with Crippen molar-refractivity contribution in [1.82, 2.24) is 9.29 Å². The number of nitrogens with one attached hydrogen (secondary N) is 1. The van der Waals surface area contributed by atoms with E-state index in [9.17, 15) is 8.42 Å². The van der Waals surface area contributed by atoms with Gasteiger partial charge in [-0.1, -0.05) is 0 Å². The van der Waals surface area contributed by atoms with Gasteiger partial charge in [-0.15, -0.1) is 0 Å². The summed E-state index contributed by atoms with van der Waals surface area (Å²) in [6.45, 7) is 3.05. The van der Waals surface area contributed by atoms with Crippen LogP contribution in [0.2, 0.25) is 0 Å². The fourth-order valence-corrected chi connectivity index (χ4v) is 2.86. The molecule has 0 unspecified atom stereocenters. The van der Waals surface area contributed by atoms with E-state index in [1.165, 1.54) is 6.26 Å². The number of nitrogens with zero attached hydrogens (tertiary/aromatic N) is 1. The van der Waals surface area contributed by atoms with Crippen LogP contribution in [-0.2, 0) is 29.7 Å². The van der Waals surface area contributed by atoms with E-state index in [1.54, 1.807) is 24.4 Å². The summed E-state index contributed by atoms with van der Waals surface area (Å²) in [6.07, 6.45) is 3.09. The summed E-state index contributed by atoms with van der Waals surface area (Å²) >= 11 is 0. The smallest absolute Gasteiger partial charge is 0.242 e. The molecule has 19 heavy (non-hydrogen) atoms. The van der Waals surface area contributed by atoms with E-state index < -0.39 is 10.0 Å². The number of rotatable bonds is 6. The maximum atomic E-state index is 12.1. The topological polar surface area (TPSA) is 90.3 Å². The summed E-state index contributed by atoms with van der Waals surface area (Å²) in [5.74, 6) is 0.567. The van der Waals surface area contributed by atoms with Crippen molar-refractivity contribution >= 4 is 10.0 Å². The number of nitrogens with two attached hydrogens (primary N) is 1. The summed E-state index contributed by atoms with van der Waals surface area (Å²) in [6, 6.07) is 5.02. The first-order valence-corrected chi connectivity index (χ1v) is 7.46. The van der Waals surface area contributed by atoms with E-state index in [0.717, 1.165) is 5.69 Å². The molecule has 0 radical (unpaired) electrons. The van der Waals surface area contributed by atoms with Crippen molar-refractivity contribution in [1.29, 1.82) is 0 Å². The first kappa shape index (κ1) is 13.9. The molecule has 0 fully saturated rings. The summed E-state index contributed by atoms with van der Waals surface area (Å²) in [4.78, 5) is 0.223. The molecule has 0 aliphatic heterocycles. The van der Waals surface area contributed by atoms with Crippen LogP contribution in [0, 0.1) is 0 Å². The maximum absolute atomic E-state index is 12.1. The third kappa shape index (κ3) is 3.06. The van der Waals surface area contributed by atoms with Crippen molar-refractivity contribution in [3.8, 4) is 0 Å². The molecular weight excluding hydrogens is 266 g/mol. The van der Waals surface area contributed by atoms with Gasteiger partial charge in [0, 0.05) is 25.0 Å². The van der Waals surface area contributed by atoms with Crippen LogP contribution in [-0.4, -0.2) is 13.0 Å². The van der Waals surface area contributed by atoms with E-state index in [4.69, 9.17) is 10.2 Å². The molecule has 2 aromatic rings. The first-order valence-electron chi connectivity index (χ1n) is 5.98. The Bertz CT molecular complexity index is 608. The fourth-order valence-electron chi connectivity index (χ4n) is 1.80. The van der Waals surface area contributed by atoms with Gasteiger partial charge in [0.1, 0.15) is 5.76 Å². The minimum absolute atomic E-state index is 0.130. The monoisotopic (exact) mass is 283 g/mol. The van der Waals surface area contributed by atoms with Crippen LogP contribution < -0.4 is 10.5 Å². The van der Waals surface area contributed by atoms with E-state index >= 15 is 0 Å². The molecule has 0 aliphatic carbocycles. The molecule has 2 aromatic heterocycles. The zero-order chi connectivity index (χ0) is 13.9. The van der Waals surface area contributed by atoms with Crippen LogP contribution in [0.25, 0.3) is 0 Å². The van der Waals surface area contributed by atoms with Gasteiger partial charge in [-0.3, -0.25) is 0 Å². The molecule has 0 amide bonds. The van der Waals surface area contributed by atoms with Gasteiger partial charge in [0.2, 0.25) is 10.0 Å². The Morgan fingerprint density at radius 2 is 2.26 bits per heavy atom. The summed E-state index contributed by atoms with van der Waals surface area (Å²) in [5, 5.41) is 0. The average molecular weight is 283 g/mol. The highest BCUT2D eigenvalue weighted by atomic mass is 32.2. The highest BCUT2D eigenvalue weighted by Crippen LogP contribution is 2.14. The fraction of sp³-hybridized carbons (Fsp3) is 0.333. The predicted octanol–water partition coefficient (Wildman–Crippen LogP) is 1.04. The molecule has 3 N–H and O–H groups in total. The van der Waals surface area contributed by atoms with Crippen LogP contribution in [0.1, 0.15) is 18.4 Å². The minimum atomic E-state index is -3.54. The summed E-state index contributed by atoms with van der Waals surface area (Å²) < 4.78 is 33.6. The molecule has 0 bridgehead atoms. The number of hydrogen-bond donors (Lipinski definition) is 2. The maximum Gasteiger partial charge on any atom is 0.242 e. The van der Waals surface area contributed by atoms with Crippen LogP contribution in [0.15, 0.2) is 40.0 Å². The van der Waals surface area contributed by atoms with Crippen LogP contribution in [0.4, 0.5) is 0 Å². The Labute approximate surface area is 112 Å². The van der Waals surface area contributed by atoms with Crippen molar-refractivity contribution in [3.63, 3.8) is 0 Å². The van der Waals surface area contributed by atoms with Gasteiger partial charge in [-0.2, -0.15) is 0 Å². The minimum Gasteiger partial charge on any atom is -0.468 e.